The average Bonchev–Trinajstić information content (AvgIpc) is 2.73. The van der Waals surface area contributed by atoms with Gasteiger partial charge in [0.2, 0.25) is 0 Å². The Labute approximate surface area is 111 Å². The van der Waals surface area contributed by atoms with Gasteiger partial charge in [-0.3, -0.25) is 0 Å². The van der Waals surface area contributed by atoms with E-state index in [1.54, 1.807) is 0 Å². The standard InChI is InChI=1S/C13H14N4S/c1-10(9-14)18-13-16-15-12(17(13)2)8-11-6-4-3-5-7-11/h3-7,10H,8H2,1-2H3/t10-/m0/s1. The van der Waals surface area contributed by atoms with Gasteiger partial charge in [-0.05, 0) is 12.5 Å². The van der Waals surface area contributed by atoms with E-state index in [4.69, 9.17) is 5.26 Å². The maximum absolute atomic E-state index is 8.80. The van der Waals surface area contributed by atoms with Gasteiger partial charge in [0.25, 0.3) is 0 Å². The predicted molar refractivity (Wildman–Crippen MR) is 71.2 cm³/mol. The van der Waals surface area contributed by atoms with Crippen molar-refractivity contribution < 1.29 is 0 Å². The molecule has 0 aliphatic heterocycles. The Kier molecular flexibility index (Phi) is 4.00. The molecule has 0 unspecified atom stereocenters. The van der Waals surface area contributed by atoms with Crippen LogP contribution in [0.2, 0.25) is 0 Å². The van der Waals surface area contributed by atoms with Crippen molar-refractivity contribution in [3.63, 3.8) is 0 Å². The highest BCUT2D eigenvalue weighted by Gasteiger charge is 2.12. The summed E-state index contributed by atoms with van der Waals surface area (Å²) in [5.41, 5.74) is 1.21. The molecule has 2 rings (SSSR count). The van der Waals surface area contributed by atoms with Gasteiger partial charge in [-0.15, -0.1) is 10.2 Å². The van der Waals surface area contributed by atoms with Crippen molar-refractivity contribution in [2.24, 2.45) is 7.05 Å². The van der Waals surface area contributed by atoms with E-state index in [9.17, 15) is 0 Å². The summed E-state index contributed by atoms with van der Waals surface area (Å²) in [6.45, 7) is 1.86. The van der Waals surface area contributed by atoms with Crippen LogP contribution in [0.4, 0.5) is 0 Å². The van der Waals surface area contributed by atoms with Crippen molar-refractivity contribution in [2.45, 2.75) is 23.8 Å². The lowest BCUT2D eigenvalue weighted by molar-refractivity contribution is 0.748. The second kappa shape index (κ2) is 5.69. The molecular formula is C13H14N4S. The number of hydrogen-bond donors (Lipinski definition) is 0. The minimum absolute atomic E-state index is 0.113. The zero-order valence-corrected chi connectivity index (χ0v) is 11.2. The van der Waals surface area contributed by atoms with E-state index < -0.39 is 0 Å². The molecule has 0 aliphatic rings. The largest absolute Gasteiger partial charge is 0.309 e. The summed E-state index contributed by atoms with van der Waals surface area (Å²) in [7, 11) is 1.94. The highest BCUT2D eigenvalue weighted by molar-refractivity contribution is 8.00. The first-order valence-corrected chi connectivity index (χ1v) is 6.57. The van der Waals surface area contributed by atoms with Crippen LogP contribution in [0.5, 0.6) is 0 Å². The molecule has 0 fully saturated rings. The molecule has 0 saturated heterocycles. The van der Waals surface area contributed by atoms with E-state index in [0.29, 0.717) is 0 Å². The predicted octanol–water partition coefficient (Wildman–Crippen LogP) is 2.41. The number of thioether (sulfide) groups is 1. The molecule has 18 heavy (non-hydrogen) atoms. The Hall–Kier alpha value is -1.80. The van der Waals surface area contributed by atoms with Gasteiger partial charge in [0, 0.05) is 13.5 Å². The number of rotatable bonds is 4. The Morgan fingerprint density at radius 3 is 2.72 bits per heavy atom. The lowest BCUT2D eigenvalue weighted by atomic mass is 10.1. The van der Waals surface area contributed by atoms with Gasteiger partial charge in [0.05, 0.1) is 11.3 Å². The molecule has 0 bridgehead atoms. The van der Waals surface area contributed by atoms with Crippen molar-refractivity contribution in [3.8, 4) is 6.07 Å². The molecule has 0 amide bonds. The second-order valence-electron chi connectivity index (χ2n) is 4.01. The van der Waals surface area contributed by atoms with Crippen molar-refractivity contribution in [1.82, 2.24) is 14.8 Å². The van der Waals surface area contributed by atoms with Crippen LogP contribution in [-0.2, 0) is 13.5 Å². The lowest BCUT2D eigenvalue weighted by Crippen LogP contribution is -2.01. The van der Waals surface area contributed by atoms with E-state index in [-0.39, 0.29) is 5.25 Å². The molecule has 1 atom stereocenters. The second-order valence-corrected chi connectivity index (χ2v) is 5.32. The van der Waals surface area contributed by atoms with Crippen molar-refractivity contribution in [1.29, 1.82) is 5.26 Å². The average molecular weight is 258 g/mol. The van der Waals surface area contributed by atoms with E-state index in [0.717, 1.165) is 17.4 Å². The van der Waals surface area contributed by atoms with Crippen molar-refractivity contribution >= 4 is 11.8 Å². The van der Waals surface area contributed by atoms with Crippen LogP contribution < -0.4 is 0 Å². The smallest absolute Gasteiger partial charge is 0.192 e. The van der Waals surface area contributed by atoms with Gasteiger partial charge in [-0.25, -0.2) is 0 Å². The third kappa shape index (κ3) is 2.90. The summed E-state index contributed by atoms with van der Waals surface area (Å²) in [5, 5.41) is 17.8. The van der Waals surface area contributed by atoms with Crippen LogP contribution in [0.1, 0.15) is 18.3 Å². The number of nitrogens with zero attached hydrogens (tertiary/aromatic N) is 4. The minimum Gasteiger partial charge on any atom is -0.309 e. The van der Waals surface area contributed by atoms with Gasteiger partial charge >= 0.3 is 0 Å². The molecule has 1 aromatic heterocycles. The van der Waals surface area contributed by atoms with E-state index >= 15 is 0 Å². The molecule has 2 aromatic rings. The molecule has 0 aliphatic carbocycles. The third-order valence-corrected chi connectivity index (χ3v) is 3.62. The first kappa shape index (κ1) is 12.7. The Bertz CT molecular complexity index is 556. The Morgan fingerprint density at radius 1 is 1.33 bits per heavy atom. The Balaban J connectivity index is 2.14. The fraction of sp³-hybridized carbons (Fsp3) is 0.308. The summed E-state index contributed by atoms with van der Waals surface area (Å²) in [6.07, 6.45) is 0.756. The van der Waals surface area contributed by atoms with Crippen LogP contribution in [0.3, 0.4) is 0 Å². The monoisotopic (exact) mass is 258 g/mol. The third-order valence-electron chi connectivity index (χ3n) is 2.59. The molecule has 1 heterocycles. The fourth-order valence-corrected chi connectivity index (χ4v) is 2.28. The summed E-state index contributed by atoms with van der Waals surface area (Å²) in [5.74, 6) is 0.911. The van der Waals surface area contributed by atoms with Crippen LogP contribution in [-0.4, -0.2) is 20.0 Å². The molecule has 0 radical (unpaired) electrons. The fourth-order valence-electron chi connectivity index (χ4n) is 1.56. The first-order valence-electron chi connectivity index (χ1n) is 5.69. The lowest BCUT2D eigenvalue weighted by Gasteiger charge is -2.04. The zero-order valence-electron chi connectivity index (χ0n) is 10.4. The molecule has 5 heteroatoms. The summed E-state index contributed by atoms with van der Waals surface area (Å²) in [6, 6.07) is 12.3. The van der Waals surface area contributed by atoms with E-state index in [1.807, 2.05) is 36.7 Å². The molecule has 4 nitrogen and oxygen atoms in total. The van der Waals surface area contributed by atoms with E-state index in [1.165, 1.54) is 17.3 Å². The summed E-state index contributed by atoms with van der Waals surface area (Å²) < 4.78 is 1.95. The van der Waals surface area contributed by atoms with Crippen molar-refractivity contribution in [2.75, 3.05) is 0 Å². The van der Waals surface area contributed by atoms with Crippen LogP contribution in [0.15, 0.2) is 35.5 Å². The number of hydrogen-bond acceptors (Lipinski definition) is 4. The van der Waals surface area contributed by atoms with Crippen LogP contribution in [0, 0.1) is 11.3 Å². The van der Waals surface area contributed by atoms with Gasteiger partial charge < -0.3 is 4.57 Å². The molecule has 1 aromatic carbocycles. The van der Waals surface area contributed by atoms with Gasteiger partial charge in [0.1, 0.15) is 5.82 Å². The topological polar surface area (TPSA) is 54.5 Å². The van der Waals surface area contributed by atoms with E-state index in [2.05, 4.69) is 28.4 Å². The molecule has 0 N–H and O–H groups in total. The highest BCUT2D eigenvalue weighted by Crippen LogP contribution is 2.21. The van der Waals surface area contributed by atoms with Crippen LogP contribution in [0.25, 0.3) is 0 Å². The number of aromatic nitrogens is 3. The van der Waals surface area contributed by atoms with Crippen LogP contribution >= 0.6 is 11.8 Å². The summed E-state index contributed by atoms with van der Waals surface area (Å²) >= 11 is 1.43. The quantitative estimate of drug-likeness (QED) is 0.790. The van der Waals surface area contributed by atoms with Crippen molar-refractivity contribution in [3.05, 3.63) is 41.7 Å². The SMILES string of the molecule is C[C@@H](C#N)Sc1nnc(Cc2ccccc2)n1C. The zero-order chi connectivity index (χ0) is 13.0. The maximum atomic E-state index is 8.80. The summed E-state index contributed by atoms with van der Waals surface area (Å²) in [4.78, 5) is 0. The maximum Gasteiger partial charge on any atom is 0.192 e. The minimum atomic E-state index is -0.113. The molecule has 0 spiro atoms. The normalized spacial score (nSPS) is 12.1. The molecule has 92 valence electrons. The number of benzene rings is 1. The Morgan fingerprint density at radius 2 is 2.06 bits per heavy atom. The number of nitriles is 1. The molecular weight excluding hydrogens is 244 g/mol. The highest BCUT2D eigenvalue weighted by atomic mass is 32.2. The van der Waals surface area contributed by atoms with Gasteiger partial charge in [-0.2, -0.15) is 5.26 Å². The molecule has 0 saturated carbocycles. The van der Waals surface area contributed by atoms with Gasteiger partial charge in [-0.1, -0.05) is 42.1 Å². The van der Waals surface area contributed by atoms with Gasteiger partial charge in [0.15, 0.2) is 5.16 Å². The first-order chi connectivity index (χ1) is 8.70.